The zero-order valence-corrected chi connectivity index (χ0v) is 32.3. The number of aryl methyl sites for hydroxylation is 1. The molecule has 0 heterocycles. The highest BCUT2D eigenvalue weighted by Gasteiger charge is 2.20. The number of hydrazine groups is 1. The van der Waals surface area contributed by atoms with Crippen LogP contribution in [0.15, 0.2) is 54.6 Å². The molecule has 4 amide bonds. The maximum atomic E-state index is 12.8. The summed E-state index contributed by atoms with van der Waals surface area (Å²) in [4.78, 5) is 98.6. The van der Waals surface area contributed by atoms with E-state index in [1.54, 1.807) is 29.2 Å². The van der Waals surface area contributed by atoms with Gasteiger partial charge in [-0.05, 0) is 48.9 Å². The number of nitrogens with one attached hydrogen (secondary N) is 4. The van der Waals surface area contributed by atoms with Crippen LogP contribution in [0.3, 0.4) is 0 Å². The first kappa shape index (κ1) is 48.2. The van der Waals surface area contributed by atoms with E-state index in [1.165, 1.54) is 0 Å². The van der Waals surface area contributed by atoms with Crippen LogP contribution in [0.4, 0.5) is 0 Å². The van der Waals surface area contributed by atoms with E-state index in [1.807, 2.05) is 30.3 Å². The van der Waals surface area contributed by atoms with Crippen molar-refractivity contribution in [2.75, 3.05) is 65.4 Å². The zero-order chi connectivity index (χ0) is 42.9. The Morgan fingerprint density at radius 3 is 1.64 bits per heavy atom. The number of nitrogens with zero attached hydrogens (tertiary/aromatic N) is 3. The van der Waals surface area contributed by atoms with Crippen molar-refractivity contribution in [2.24, 2.45) is 5.73 Å². The van der Waals surface area contributed by atoms with E-state index in [9.17, 15) is 38.4 Å². The van der Waals surface area contributed by atoms with E-state index in [0.717, 1.165) is 20.9 Å². The molecule has 20 heteroatoms. The molecule has 0 aliphatic heterocycles. The number of carboxylic acid groups (broad SMARTS) is 4. The molecular weight excluding hydrogens is 760 g/mol. The Labute approximate surface area is 335 Å². The number of hydrogen-bond donors (Lipinski definition) is 9. The van der Waals surface area contributed by atoms with Gasteiger partial charge in [0.05, 0.1) is 38.8 Å². The lowest BCUT2D eigenvalue weighted by molar-refractivity contribution is -0.143. The molecule has 58 heavy (non-hydrogen) atoms. The topological polar surface area (TPSA) is 301 Å². The third kappa shape index (κ3) is 22.0. The van der Waals surface area contributed by atoms with Crippen LogP contribution in [0.2, 0.25) is 0 Å². The predicted octanol–water partition coefficient (Wildman–Crippen LogP) is -1.06. The molecule has 0 fully saturated rings. The smallest absolute Gasteiger partial charge is 0.317 e. The molecule has 2 rings (SSSR count). The third-order valence-electron chi connectivity index (χ3n) is 8.60. The molecule has 2 aromatic carbocycles. The molecule has 318 valence electrons. The average molecular weight is 815 g/mol. The van der Waals surface area contributed by atoms with Crippen molar-refractivity contribution in [3.63, 3.8) is 0 Å². The van der Waals surface area contributed by atoms with E-state index < -0.39 is 73.8 Å². The van der Waals surface area contributed by atoms with Gasteiger partial charge < -0.3 is 36.8 Å². The molecule has 0 aromatic heterocycles. The van der Waals surface area contributed by atoms with E-state index in [0.29, 0.717) is 37.7 Å². The standard InChI is InChI=1S/C38H54N8O12/c39-30(15-12-27-7-3-1-4-8-27)38(58)43-42-37(57)29-13-10-28(11-14-29)21-41-31(47)9-5-2-6-16-40-32(48)22-44(17-19-45(23-33(49)50)24-34(51)52)18-20-46(25-35(53)54)26-36(55)56/h1,3-4,7-8,10-11,13-14,30H,2,5-6,9,12,15-26,39H2,(H,40,48)(H,41,47)(H,42,57)(H,43,58)(H,49,50)(H,51,52)(H,53,54)(H,55,56)/t30-/m1/s1. The van der Waals surface area contributed by atoms with Gasteiger partial charge in [0.25, 0.3) is 11.8 Å². The molecule has 0 aliphatic rings. The van der Waals surface area contributed by atoms with Crippen molar-refractivity contribution in [3.05, 3.63) is 71.3 Å². The number of nitrogens with two attached hydrogens (primary N) is 1. The maximum Gasteiger partial charge on any atom is 0.317 e. The lowest BCUT2D eigenvalue weighted by Crippen LogP contribution is -2.49. The molecule has 0 bridgehead atoms. The fraction of sp³-hybridized carbons (Fsp3) is 0.474. The van der Waals surface area contributed by atoms with Gasteiger partial charge in [0.1, 0.15) is 0 Å². The molecule has 0 spiro atoms. The molecular formula is C38H54N8O12. The highest BCUT2D eigenvalue weighted by Crippen LogP contribution is 2.07. The number of amides is 4. The second kappa shape index (κ2) is 26.8. The summed E-state index contributed by atoms with van der Waals surface area (Å²) in [5.74, 6) is -6.60. The number of carbonyl (C=O) groups excluding carboxylic acids is 4. The highest BCUT2D eigenvalue weighted by atomic mass is 16.4. The summed E-state index contributed by atoms with van der Waals surface area (Å²) < 4.78 is 0. The lowest BCUT2D eigenvalue weighted by Gasteiger charge is -2.28. The first-order valence-electron chi connectivity index (χ1n) is 18.7. The van der Waals surface area contributed by atoms with Crippen LogP contribution in [-0.2, 0) is 46.5 Å². The van der Waals surface area contributed by atoms with Gasteiger partial charge in [-0.2, -0.15) is 0 Å². The van der Waals surface area contributed by atoms with Gasteiger partial charge in [0.2, 0.25) is 11.8 Å². The zero-order valence-electron chi connectivity index (χ0n) is 32.3. The predicted molar refractivity (Wildman–Crippen MR) is 208 cm³/mol. The monoisotopic (exact) mass is 814 g/mol. The van der Waals surface area contributed by atoms with Crippen molar-refractivity contribution in [2.45, 2.75) is 51.1 Å². The summed E-state index contributed by atoms with van der Waals surface area (Å²) in [5, 5.41) is 42.1. The summed E-state index contributed by atoms with van der Waals surface area (Å²) >= 11 is 0. The lowest BCUT2D eigenvalue weighted by atomic mass is 10.1. The van der Waals surface area contributed by atoms with Crippen LogP contribution in [0, 0.1) is 0 Å². The van der Waals surface area contributed by atoms with Gasteiger partial charge >= 0.3 is 23.9 Å². The second-order valence-corrected chi connectivity index (χ2v) is 13.5. The number of carbonyl (C=O) groups is 8. The minimum absolute atomic E-state index is 0.0401. The molecule has 0 saturated heterocycles. The van der Waals surface area contributed by atoms with E-state index in [-0.39, 0.29) is 58.1 Å². The van der Waals surface area contributed by atoms with Crippen LogP contribution in [0.1, 0.15) is 53.6 Å². The summed E-state index contributed by atoms with van der Waals surface area (Å²) in [6, 6.07) is 15.3. The summed E-state index contributed by atoms with van der Waals surface area (Å²) in [7, 11) is 0. The van der Waals surface area contributed by atoms with Crippen LogP contribution in [-0.4, -0.2) is 154 Å². The summed E-state index contributed by atoms with van der Waals surface area (Å²) in [6.07, 6.45) is 2.98. The molecule has 2 aromatic rings. The van der Waals surface area contributed by atoms with Crippen LogP contribution >= 0.6 is 0 Å². The Balaban J connectivity index is 1.71. The maximum absolute atomic E-state index is 12.8. The normalized spacial score (nSPS) is 11.5. The van der Waals surface area contributed by atoms with Crippen LogP contribution < -0.4 is 27.2 Å². The summed E-state index contributed by atoms with van der Waals surface area (Å²) in [6.45, 7) is -1.90. The molecule has 0 radical (unpaired) electrons. The minimum atomic E-state index is -1.24. The van der Waals surface area contributed by atoms with Gasteiger partial charge in [-0.1, -0.05) is 48.9 Å². The number of unbranched alkanes of at least 4 members (excludes halogenated alkanes) is 2. The van der Waals surface area contributed by atoms with Crippen molar-refractivity contribution in [3.8, 4) is 0 Å². The van der Waals surface area contributed by atoms with Crippen molar-refractivity contribution in [1.29, 1.82) is 0 Å². The number of rotatable bonds is 29. The molecule has 0 unspecified atom stereocenters. The number of benzene rings is 2. The molecule has 1 atom stereocenters. The van der Waals surface area contributed by atoms with E-state index in [4.69, 9.17) is 26.2 Å². The summed E-state index contributed by atoms with van der Waals surface area (Å²) in [5.41, 5.74) is 12.7. The Bertz CT molecular complexity index is 1590. The van der Waals surface area contributed by atoms with E-state index in [2.05, 4.69) is 21.5 Å². The number of aliphatic carboxylic acids is 4. The van der Waals surface area contributed by atoms with Gasteiger partial charge in [-0.25, -0.2) is 0 Å². The van der Waals surface area contributed by atoms with Gasteiger partial charge in [-0.15, -0.1) is 0 Å². The average Bonchev–Trinajstić information content (AvgIpc) is 3.16. The fourth-order valence-electron chi connectivity index (χ4n) is 5.55. The van der Waals surface area contributed by atoms with Gasteiger partial charge in [0.15, 0.2) is 0 Å². The van der Waals surface area contributed by atoms with E-state index >= 15 is 0 Å². The quantitative estimate of drug-likeness (QED) is 0.0350. The number of carboxylic acids is 4. The SMILES string of the molecule is N[C@H](CCc1ccccc1)C(=O)NNC(=O)c1ccc(CNC(=O)CCCCCNC(=O)CN(CCN(CC(=O)O)CC(=O)O)CCN(CC(=O)O)CC(=O)O)cc1. The van der Waals surface area contributed by atoms with Crippen molar-refractivity contribution < 1.29 is 58.8 Å². The highest BCUT2D eigenvalue weighted by molar-refractivity contribution is 5.95. The van der Waals surface area contributed by atoms with Gasteiger partial charge in [0, 0.05) is 51.3 Å². The van der Waals surface area contributed by atoms with Gasteiger partial charge in [-0.3, -0.25) is 63.9 Å². The van der Waals surface area contributed by atoms with Crippen molar-refractivity contribution in [1.82, 2.24) is 36.2 Å². The Kier molecular flexibility index (Phi) is 22.3. The minimum Gasteiger partial charge on any atom is -0.480 e. The molecule has 20 nitrogen and oxygen atoms in total. The molecule has 0 saturated carbocycles. The van der Waals surface area contributed by atoms with Crippen LogP contribution in [0.5, 0.6) is 0 Å². The Hall–Kier alpha value is -5.96. The van der Waals surface area contributed by atoms with Crippen molar-refractivity contribution >= 4 is 47.5 Å². The first-order valence-corrected chi connectivity index (χ1v) is 18.7. The molecule has 10 N–H and O–H groups in total. The number of hydrogen-bond acceptors (Lipinski definition) is 12. The Morgan fingerprint density at radius 1 is 0.569 bits per heavy atom. The fourth-order valence-corrected chi connectivity index (χ4v) is 5.55. The first-order chi connectivity index (χ1) is 27.6. The largest absolute Gasteiger partial charge is 0.480 e. The third-order valence-corrected chi connectivity index (χ3v) is 8.60. The Morgan fingerprint density at radius 2 is 1.10 bits per heavy atom. The molecule has 0 aliphatic carbocycles. The second-order valence-electron chi connectivity index (χ2n) is 13.5. The van der Waals surface area contributed by atoms with Crippen LogP contribution in [0.25, 0.3) is 0 Å².